The highest BCUT2D eigenvalue weighted by Crippen LogP contribution is 2.21. The Bertz CT molecular complexity index is 354. The zero-order valence-corrected chi connectivity index (χ0v) is 10.9. The molecule has 5 heteroatoms. The number of carboxylic acid groups (broad SMARTS) is 1. The van der Waals surface area contributed by atoms with E-state index >= 15 is 0 Å². The van der Waals surface area contributed by atoms with Crippen LogP contribution in [-0.4, -0.2) is 23.7 Å². The van der Waals surface area contributed by atoms with Gasteiger partial charge in [-0.15, -0.1) is 11.3 Å². The molecule has 1 aromatic heterocycles. The molecule has 1 aromatic rings. The minimum atomic E-state index is -0.765. The molecule has 3 nitrogen and oxygen atoms in total. The number of carbonyl (C=O) groups is 1. The van der Waals surface area contributed by atoms with Crippen molar-refractivity contribution in [3.63, 3.8) is 0 Å². The summed E-state index contributed by atoms with van der Waals surface area (Å²) in [6, 6.07) is 3.86. The molecule has 0 aliphatic heterocycles. The number of aliphatic carboxylic acids is 1. The number of hydrogen-bond acceptors (Lipinski definition) is 3. The Hall–Kier alpha value is -0.580. The van der Waals surface area contributed by atoms with Gasteiger partial charge in [-0.05, 0) is 25.5 Å². The second kappa shape index (κ2) is 6.23. The van der Waals surface area contributed by atoms with Crippen LogP contribution in [0.5, 0.6) is 0 Å². The minimum Gasteiger partial charge on any atom is -0.481 e. The van der Waals surface area contributed by atoms with Gasteiger partial charge in [-0.25, -0.2) is 0 Å². The van der Waals surface area contributed by atoms with Crippen LogP contribution in [0, 0.1) is 5.92 Å². The number of halogens is 1. The maximum atomic E-state index is 10.7. The fourth-order valence-electron chi connectivity index (χ4n) is 1.30. The third-order valence-corrected chi connectivity index (χ3v) is 3.90. The summed E-state index contributed by atoms with van der Waals surface area (Å²) in [6.07, 6.45) is 0.883. The molecule has 0 fully saturated rings. The van der Waals surface area contributed by atoms with Crippen molar-refractivity contribution < 1.29 is 9.90 Å². The molecule has 0 bridgehead atoms. The Morgan fingerprint density at radius 1 is 1.56 bits per heavy atom. The maximum Gasteiger partial charge on any atom is 0.307 e. The lowest BCUT2D eigenvalue weighted by atomic mass is 10.0. The Morgan fingerprint density at radius 3 is 2.75 bits per heavy atom. The second-order valence-corrected chi connectivity index (χ2v) is 5.63. The highest BCUT2D eigenvalue weighted by Gasteiger charge is 2.18. The number of rotatable bonds is 6. The Kier molecular flexibility index (Phi) is 5.25. The second-order valence-electron chi connectivity index (χ2n) is 3.83. The SMILES string of the molecule is CC(NCCc1ccc(Cl)s1)C(C)C(=O)O. The van der Waals surface area contributed by atoms with Crippen LogP contribution in [-0.2, 0) is 11.2 Å². The summed E-state index contributed by atoms with van der Waals surface area (Å²) in [6.45, 7) is 4.37. The highest BCUT2D eigenvalue weighted by molar-refractivity contribution is 7.16. The number of nitrogens with one attached hydrogen (secondary N) is 1. The van der Waals surface area contributed by atoms with Crippen LogP contribution in [0.15, 0.2) is 12.1 Å². The van der Waals surface area contributed by atoms with E-state index < -0.39 is 5.97 Å². The van der Waals surface area contributed by atoms with Crippen LogP contribution in [0.3, 0.4) is 0 Å². The van der Waals surface area contributed by atoms with Gasteiger partial charge in [0.1, 0.15) is 0 Å². The summed E-state index contributed by atoms with van der Waals surface area (Å²) in [5, 5.41) is 12.0. The van der Waals surface area contributed by atoms with Crippen molar-refractivity contribution in [1.82, 2.24) is 5.32 Å². The highest BCUT2D eigenvalue weighted by atomic mass is 35.5. The van der Waals surface area contributed by atoms with Gasteiger partial charge >= 0.3 is 5.97 Å². The van der Waals surface area contributed by atoms with Crippen molar-refractivity contribution in [3.05, 3.63) is 21.3 Å². The van der Waals surface area contributed by atoms with Gasteiger partial charge in [0, 0.05) is 17.5 Å². The van der Waals surface area contributed by atoms with Gasteiger partial charge in [-0.2, -0.15) is 0 Å². The number of thiophene rings is 1. The first kappa shape index (κ1) is 13.5. The quantitative estimate of drug-likeness (QED) is 0.828. The molecule has 1 rings (SSSR count). The first-order valence-electron chi connectivity index (χ1n) is 5.21. The first-order chi connectivity index (χ1) is 7.50. The fraction of sp³-hybridized carbons (Fsp3) is 0.545. The Balaban J connectivity index is 2.27. The van der Waals surface area contributed by atoms with Gasteiger partial charge < -0.3 is 10.4 Å². The predicted molar refractivity (Wildman–Crippen MR) is 67.3 cm³/mol. The molecular formula is C11H16ClNO2S. The van der Waals surface area contributed by atoms with Crippen molar-refractivity contribution in [1.29, 1.82) is 0 Å². The van der Waals surface area contributed by atoms with E-state index in [-0.39, 0.29) is 12.0 Å². The van der Waals surface area contributed by atoms with Crippen LogP contribution >= 0.6 is 22.9 Å². The molecule has 0 radical (unpaired) electrons. The first-order valence-corrected chi connectivity index (χ1v) is 6.40. The third-order valence-electron chi connectivity index (χ3n) is 2.61. The fourth-order valence-corrected chi connectivity index (χ4v) is 2.39. The molecule has 0 aliphatic carbocycles. The van der Waals surface area contributed by atoms with E-state index in [1.165, 1.54) is 4.88 Å². The minimum absolute atomic E-state index is 0.0204. The van der Waals surface area contributed by atoms with Crippen LogP contribution in [0.25, 0.3) is 0 Å². The standard InChI is InChI=1S/C11H16ClNO2S/c1-7(11(14)15)8(2)13-6-5-9-3-4-10(12)16-9/h3-4,7-8,13H,5-6H2,1-2H3,(H,14,15). The van der Waals surface area contributed by atoms with Crippen molar-refractivity contribution in [2.75, 3.05) is 6.54 Å². The van der Waals surface area contributed by atoms with E-state index in [0.29, 0.717) is 0 Å². The number of hydrogen-bond donors (Lipinski definition) is 2. The molecule has 0 aromatic carbocycles. The lowest BCUT2D eigenvalue weighted by Gasteiger charge is -2.17. The van der Waals surface area contributed by atoms with Gasteiger partial charge in [0.2, 0.25) is 0 Å². The molecule has 2 N–H and O–H groups in total. The topological polar surface area (TPSA) is 49.3 Å². The van der Waals surface area contributed by atoms with Crippen LogP contribution in [0.4, 0.5) is 0 Å². The molecule has 0 saturated carbocycles. The molecule has 0 spiro atoms. The molecule has 1 heterocycles. The molecule has 2 unspecified atom stereocenters. The van der Waals surface area contributed by atoms with E-state index in [9.17, 15) is 4.79 Å². The molecular weight excluding hydrogens is 246 g/mol. The normalized spacial score (nSPS) is 14.7. The third kappa shape index (κ3) is 4.12. The number of carboxylic acids is 1. The van der Waals surface area contributed by atoms with Gasteiger partial charge in [0.15, 0.2) is 0 Å². The predicted octanol–water partition coefficient (Wildman–Crippen LogP) is 2.64. The van der Waals surface area contributed by atoms with Gasteiger partial charge in [0.05, 0.1) is 10.3 Å². The lowest BCUT2D eigenvalue weighted by Crippen LogP contribution is -2.37. The van der Waals surface area contributed by atoms with E-state index in [2.05, 4.69) is 5.32 Å². The monoisotopic (exact) mass is 261 g/mol. The Morgan fingerprint density at radius 2 is 2.25 bits per heavy atom. The average molecular weight is 262 g/mol. The zero-order valence-electron chi connectivity index (χ0n) is 9.37. The van der Waals surface area contributed by atoms with E-state index in [0.717, 1.165) is 17.3 Å². The summed E-state index contributed by atoms with van der Waals surface area (Å²) in [7, 11) is 0. The summed E-state index contributed by atoms with van der Waals surface area (Å²) in [4.78, 5) is 11.9. The van der Waals surface area contributed by atoms with E-state index in [4.69, 9.17) is 16.7 Å². The van der Waals surface area contributed by atoms with Crippen LogP contribution in [0.2, 0.25) is 4.34 Å². The van der Waals surface area contributed by atoms with Crippen molar-refractivity contribution in [2.24, 2.45) is 5.92 Å². The van der Waals surface area contributed by atoms with Gasteiger partial charge in [-0.3, -0.25) is 4.79 Å². The molecule has 2 atom stereocenters. The molecule has 0 saturated heterocycles. The Labute approximate surface area is 104 Å². The lowest BCUT2D eigenvalue weighted by molar-refractivity contribution is -0.141. The van der Waals surface area contributed by atoms with Crippen LogP contribution < -0.4 is 5.32 Å². The molecule has 0 amide bonds. The van der Waals surface area contributed by atoms with Gasteiger partial charge in [0.25, 0.3) is 0 Å². The summed E-state index contributed by atoms with van der Waals surface area (Å²) >= 11 is 7.38. The molecule has 0 aliphatic rings. The van der Waals surface area contributed by atoms with E-state index in [1.807, 2.05) is 19.1 Å². The molecule has 90 valence electrons. The summed E-state index contributed by atoms with van der Waals surface area (Å²) in [5.41, 5.74) is 0. The average Bonchev–Trinajstić information content (AvgIpc) is 2.62. The largest absolute Gasteiger partial charge is 0.481 e. The summed E-state index contributed by atoms with van der Waals surface area (Å²) < 4.78 is 0.793. The maximum absolute atomic E-state index is 10.7. The van der Waals surface area contributed by atoms with E-state index in [1.54, 1.807) is 18.3 Å². The van der Waals surface area contributed by atoms with Crippen molar-refractivity contribution in [2.45, 2.75) is 26.3 Å². The van der Waals surface area contributed by atoms with Crippen molar-refractivity contribution in [3.8, 4) is 0 Å². The summed E-state index contributed by atoms with van der Waals surface area (Å²) in [5.74, 6) is -1.13. The van der Waals surface area contributed by atoms with Crippen molar-refractivity contribution >= 4 is 28.9 Å². The molecule has 16 heavy (non-hydrogen) atoms. The zero-order chi connectivity index (χ0) is 12.1. The smallest absolute Gasteiger partial charge is 0.307 e. The van der Waals surface area contributed by atoms with Crippen LogP contribution in [0.1, 0.15) is 18.7 Å². The van der Waals surface area contributed by atoms with Gasteiger partial charge in [-0.1, -0.05) is 18.5 Å².